The number of rotatable bonds is 5. The van der Waals surface area contributed by atoms with Crippen molar-refractivity contribution < 1.29 is 17.2 Å². The molecule has 0 aliphatic heterocycles. The van der Waals surface area contributed by atoms with Crippen molar-refractivity contribution >= 4 is 9.84 Å². The summed E-state index contributed by atoms with van der Waals surface area (Å²) in [4.78, 5) is 0. The minimum absolute atomic E-state index is 0.420. The third-order valence-electron chi connectivity index (χ3n) is 2.27. The third-order valence-corrected chi connectivity index (χ3v) is 3.55. The quantitative estimate of drug-likeness (QED) is 0.817. The van der Waals surface area contributed by atoms with E-state index in [4.69, 9.17) is 0 Å². The summed E-state index contributed by atoms with van der Waals surface area (Å²) in [6.45, 7) is 4.09. The van der Waals surface area contributed by atoms with Gasteiger partial charge in [0.05, 0.1) is 5.75 Å². The number of hydrogen-bond acceptors (Lipinski definition) is 2. The fraction of sp³-hybridized carbons (Fsp3) is 0.500. The molecule has 1 rings (SSSR count). The Kier molecular flexibility index (Phi) is 4.62. The van der Waals surface area contributed by atoms with Gasteiger partial charge in [-0.2, -0.15) is 8.78 Å². The van der Waals surface area contributed by atoms with Crippen LogP contribution in [0.4, 0.5) is 8.78 Å². The Hall–Kier alpha value is -0.970. The van der Waals surface area contributed by atoms with Crippen molar-refractivity contribution in [2.75, 3.05) is 0 Å². The van der Waals surface area contributed by atoms with Gasteiger partial charge >= 0.3 is 5.76 Å². The molecule has 0 heterocycles. The van der Waals surface area contributed by atoms with Crippen molar-refractivity contribution in [2.45, 2.75) is 31.8 Å². The molecule has 0 atom stereocenters. The van der Waals surface area contributed by atoms with Gasteiger partial charge in [-0.3, -0.25) is 0 Å². The van der Waals surface area contributed by atoms with Crippen LogP contribution in [-0.2, 0) is 22.0 Å². The van der Waals surface area contributed by atoms with Gasteiger partial charge in [-0.1, -0.05) is 38.1 Å². The number of halogens is 2. The van der Waals surface area contributed by atoms with Gasteiger partial charge in [-0.15, -0.1) is 0 Å². The van der Waals surface area contributed by atoms with Crippen molar-refractivity contribution in [1.82, 2.24) is 0 Å². The number of hydrogen-bond donors (Lipinski definition) is 0. The zero-order valence-electron chi connectivity index (χ0n) is 9.86. The molecule has 1 aromatic carbocycles. The molecule has 2 nitrogen and oxygen atoms in total. The smallest absolute Gasteiger partial charge is 0.223 e. The first-order valence-corrected chi connectivity index (χ1v) is 7.10. The monoisotopic (exact) mass is 262 g/mol. The van der Waals surface area contributed by atoms with Gasteiger partial charge in [0.25, 0.3) is 0 Å². The molecule has 0 fully saturated rings. The highest BCUT2D eigenvalue weighted by Crippen LogP contribution is 2.16. The van der Waals surface area contributed by atoms with E-state index >= 15 is 0 Å². The van der Waals surface area contributed by atoms with Crippen LogP contribution in [0.2, 0.25) is 0 Å². The molecule has 0 N–H and O–H groups in total. The van der Waals surface area contributed by atoms with Crippen molar-refractivity contribution in [2.24, 2.45) is 5.92 Å². The fourth-order valence-electron chi connectivity index (χ4n) is 1.61. The predicted octanol–water partition coefficient (Wildman–Crippen LogP) is 3.02. The van der Waals surface area contributed by atoms with Gasteiger partial charge in [0.2, 0.25) is 9.84 Å². The van der Waals surface area contributed by atoms with Gasteiger partial charge in [0.1, 0.15) is 0 Å². The number of sulfone groups is 1. The van der Waals surface area contributed by atoms with Crippen molar-refractivity contribution in [3.63, 3.8) is 0 Å². The van der Waals surface area contributed by atoms with E-state index in [-0.39, 0.29) is 0 Å². The summed E-state index contributed by atoms with van der Waals surface area (Å²) in [5, 5.41) is 0. The van der Waals surface area contributed by atoms with Gasteiger partial charge in [-0.25, -0.2) is 8.42 Å². The molecular weight excluding hydrogens is 246 g/mol. The number of alkyl halides is 2. The standard InChI is InChI=1S/C12H16F2O2S/c1-9(2)6-10-4-3-5-11(7-10)8-17(15,16)12(13)14/h3-5,7,9,12H,6,8H2,1-2H3. The molecule has 0 saturated carbocycles. The third kappa shape index (κ3) is 4.42. The lowest BCUT2D eigenvalue weighted by Crippen LogP contribution is -2.13. The molecule has 0 aliphatic rings. The second kappa shape index (κ2) is 5.58. The van der Waals surface area contributed by atoms with Crippen LogP contribution >= 0.6 is 0 Å². The largest absolute Gasteiger partial charge is 0.337 e. The van der Waals surface area contributed by atoms with E-state index in [9.17, 15) is 17.2 Å². The summed E-state index contributed by atoms with van der Waals surface area (Å²) < 4.78 is 46.6. The lowest BCUT2D eigenvalue weighted by atomic mass is 10.0. The van der Waals surface area contributed by atoms with E-state index in [0.29, 0.717) is 11.5 Å². The van der Waals surface area contributed by atoms with E-state index in [1.807, 2.05) is 19.9 Å². The van der Waals surface area contributed by atoms with Crippen LogP contribution in [0.15, 0.2) is 24.3 Å². The molecule has 0 radical (unpaired) electrons. The zero-order chi connectivity index (χ0) is 13.1. The van der Waals surface area contributed by atoms with Gasteiger partial charge in [-0.05, 0) is 23.5 Å². The molecule has 5 heteroatoms. The summed E-state index contributed by atoms with van der Waals surface area (Å²) in [6, 6.07) is 6.82. The van der Waals surface area contributed by atoms with Crippen LogP contribution in [0.25, 0.3) is 0 Å². The molecule has 0 spiro atoms. The summed E-state index contributed by atoms with van der Waals surface area (Å²) in [6.07, 6.45) is 0.808. The maximum atomic E-state index is 12.2. The van der Waals surface area contributed by atoms with Crippen LogP contribution in [0.3, 0.4) is 0 Å². The van der Waals surface area contributed by atoms with Crippen LogP contribution < -0.4 is 0 Å². The van der Waals surface area contributed by atoms with Crippen molar-refractivity contribution in [3.8, 4) is 0 Å². The first-order chi connectivity index (χ1) is 7.81. The van der Waals surface area contributed by atoms with E-state index in [1.165, 1.54) is 0 Å². The van der Waals surface area contributed by atoms with Crippen molar-refractivity contribution in [1.29, 1.82) is 0 Å². The Morgan fingerprint density at radius 3 is 2.29 bits per heavy atom. The van der Waals surface area contributed by atoms with E-state index in [1.54, 1.807) is 18.2 Å². The molecule has 0 unspecified atom stereocenters. The average Bonchev–Trinajstić information content (AvgIpc) is 2.15. The maximum Gasteiger partial charge on any atom is 0.337 e. The topological polar surface area (TPSA) is 34.1 Å². The minimum Gasteiger partial charge on any atom is -0.223 e. The summed E-state index contributed by atoms with van der Waals surface area (Å²) >= 11 is 0. The van der Waals surface area contributed by atoms with Crippen LogP contribution in [0.1, 0.15) is 25.0 Å². The fourth-order valence-corrected chi connectivity index (χ4v) is 2.38. The molecule has 96 valence electrons. The highest BCUT2D eigenvalue weighted by atomic mass is 32.2. The highest BCUT2D eigenvalue weighted by molar-refractivity contribution is 7.90. The minimum atomic E-state index is -4.33. The Morgan fingerprint density at radius 2 is 1.76 bits per heavy atom. The normalized spacial score (nSPS) is 12.4. The van der Waals surface area contributed by atoms with Gasteiger partial charge < -0.3 is 0 Å². The predicted molar refractivity (Wildman–Crippen MR) is 63.6 cm³/mol. The Labute approximate surface area is 101 Å². The van der Waals surface area contributed by atoms with Crippen LogP contribution in [0, 0.1) is 5.92 Å². The second-order valence-electron chi connectivity index (χ2n) is 4.49. The first kappa shape index (κ1) is 14.1. The lowest BCUT2D eigenvalue weighted by molar-refractivity contribution is 0.234. The molecule has 0 saturated heterocycles. The van der Waals surface area contributed by atoms with E-state index in [2.05, 4.69) is 0 Å². The number of benzene rings is 1. The molecule has 0 bridgehead atoms. The molecule has 0 amide bonds. The van der Waals surface area contributed by atoms with Crippen LogP contribution in [-0.4, -0.2) is 14.2 Å². The molecule has 17 heavy (non-hydrogen) atoms. The Bertz CT molecular complexity index is 467. The van der Waals surface area contributed by atoms with Gasteiger partial charge in [0.15, 0.2) is 0 Å². The Balaban J connectivity index is 2.86. The molecule has 0 aromatic heterocycles. The summed E-state index contributed by atoms with van der Waals surface area (Å²) in [5.41, 5.74) is 1.39. The maximum absolute atomic E-state index is 12.2. The SMILES string of the molecule is CC(C)Cc1cccc(CS(=O)(=O)C(F)F)c1. The van der Waals surface area contributed by atoms with E-state index in [0.717, 1.165) is 12.0 Å². The first-order valence-electron chi connectivity index (χ1n) is 5.39. The molecule has 1 aromatic rings. The summed E-state index contributed by atoms with van der Waals surface area (Å²) in [7, 11) is -4.33. The average molecular weight is 262 g/mol. The molecular formula is C12H16F2O2S. The second-order valence-corrected chi connectivity index (χ2v) is 6.46. The van der Waals surface area contributed by atoms with Gasteiger partial charge in [0, 0.05) is 0 Å². The molecule has 0 aliphatic carbocycles. The zero-order valence-corrected chi connectivity index (χ0v) is 10.7. The lowest BCUT2D eigenvalue weighted by Gasteiger charge is -2.08. The van der Waals surface area contributed by atoms with Crippen LogP contribution in [0.5, 0.6) is 0 Å². The highest BCUT2D eigenvalue weighted by Gasteiger charge is 2.24. The Morgan fingerprint density at radius 1 is 1.18 bits per heavy atom. The summed E-state index contributed by atoms with van der Waals surface area (Å²) in [5.74, 6) is -3.47. The van der Waals surface area contributed by atoms with Crippen molar-refractivity contribution in [3.05, 3.63) is 35.4 Å². The van der Waals surface area contributed by atoms with E-state index < -0.39 is 21.3 Å².